The van der Waals surface area contributed by atoms with Crippen molar-refractivity contribution in [2.75, 3.05) is 43.5 Å². The van der Waals surface area contributed by atoms with E-state index >= 15 is 0 Å². The average molecular weight is 809 g/mol. The first-order chi connectivity index (χ1) is 28.0. The first-order valence-corrected chi connectivity index (χ1v) is 20.8. The van der Waals surface area contributed by atoms with E-state index in [9.17, 15) is 24.3 Å². The van der Waals surface area contributed by atoms with Crippen LogP contribution in [-0.2, 0) is 47.3 Å². The Morgan fingerprint density at radius 3 is 2.60 bits per heavy atom. The van der Waals surface area contributed by atoms with Crippen LogP contribution in [0.2, 0.25) is 5.02 Å². The molecule has 1 atom stereocenters. The molecule has 0 radical (unpaired) electrons. The van der Waals surface area contributed by atoms with Gasteiger partial charge in [0.15, 0.2) is 11.5 Å². The van der Waals surface area contributed by atoms with Crippen LogP contribution >= 0.6 is 11.6 Å². The summed E-state index contributed by atoms with van der Waals surface area (Å²) in [6.45, 7) is 3.48. The molecule has 4 aromatic rings. The van der Waals surface area contributed by atoms with Gasteiger partial charge in [-0.3, -0.25) is 34.1 Å². The molecule has 9 rings (SSSR count). The molecule has 2 saturated carbocycles. The molecule has 0 saturated heterocycles. The number of nitrogens with one attached hydrogen (secondary N) is 2. The fourth-order valence-corrected chi connectivity index (χ4v) is 10.9. The number of methoxy groups -OCH3 is 1. The summed E-state index contributed by atoms with van der Waals surface area (Å²) >= 11 is 7.09. The number of nitrogens with zero attached hydrogens (tertiary/aromatic N) is 6. The van der Waals surface area contributed by atoms with Crippen molar-refractivity contribution in [3.05, 3.63) is 81.7 Å². The molecule has 1 unspecified atom stereocenters. The molecule has 304 valence electrons. The normalized spacial score (nSPS) is 23.4. The number of carbonyl (C=O) groups is 4. The second-order valence-electron chi connectivity index (χ2n) is 16.9. The number of amides is 2. The van der Waals surface area contributed by atoms with E-state index in [-0.39, 0.29) is 41.2 Å². The van der Waals surface area contributed by atoms with Gasteiger partial charge in [-0.05, 0) is 99.1 Å². The van der Waals surface area contributed by atoms with E-state index in [1.54, 1.807) is 17.0 Å². The number of aromatic nitrogens is 4. The molecule has 0 spiro atoms. The number of carboxylic acids is 1. The van der Waals surface area contributed by atoms with E-state index in [1.807, 2.05) is 46.6 Å². The van der Waals surface area contributed by atoms with Gasteiger partial charge < -0.3 is 24.6 Å². The Labute approximate surface area is 341 Å². The lowest BCUT2D eigenvalue weighted by Crippen LogP contribution is -2.34. The number of fused-ring (bicyclic) bond motifs is 5. The molecule has 2 amide bonds. The maximum Gasteiger partial charge on any atom is 0.317 e. The van der Waals surface area contributed by atoms with Crippen molar-refractivity contribution >= 4 is 46.7 Å². The Hall–Kier alpha value is -5.05. The van der Waals surface area contributed by atoms with Gasteiger partial charge >= 0.3 is 11.9 Å². The summed E-state index contributed by atoms with van der Waals surface area (Å²) < 4.78 is 8.88. The third-order valence-electron chi connectivity index (χ3n) is 13.7. The third-order valence-corrected chi connectivity index (χ3v) is 14.1. The van der Waals surface area contributed by atoms with Crippen LogP contribution in [0.25, 0.3) is 11.1 Å². The molecule has 2 aromatic heterocycles. The predicted molar refractivity (Wildman–Crippen MR) is 217 cm³/mol. The number of aliphatic carboxylic acids is 1. The van der Waals surface area contributed by atoms with Crippen molar-refractivity contribution in [2.45, 2.75) is 83.3 Å². The predicted octanol–water partition coefficient (Wildman–Crippen LogP) is 5.77. The third kappa shape index (κ3) is 6.68. The van der Waals surface area contributed by atoms with Crippen molar-refractivity contribution < 1.29 is 29.0 Å². The molecule has 2 aromatic carbocycles. The number of aryl methyl sites for hydroxylation is 1. The molecule has 14 nitrogen and oxygen atoms in total. The SMILES string of the molecule is COC(=O)C12CCC(CCN3CCc4c(nc(C(=O)Nc5cccc(-c6cccc7c6CCN7C(=O)c6cc7n(n6)CCCC7NCC(=O)O)c5Cl)n4C)C3)(CC1)C2. The first kappa shape index (κ1) is 38.5. The maximum atomic E-state index is 13.9. The smallest absolute Gasteiger partial charge is 0.317 e. The Morgan fingerprint density at radius 1 is 1.02 bits per heavy atom. The van der Waals surface area contributed by atoms with Crippen molar-refractivity contribution in [1.29, 1.82) is 0 Å². The number of esters is 1. The number of hydrogen-bond acceptors (Lipinski definition) is 9. The minimum atomic E-state index is -0.931. The van der Waals surface area contributed by atoms with E-state index in [0.29, 0.717) is 48.3 Å². The summed E-state index contributed by atoms with van der Waals surface area (Å²) in [6, 6.07) is 13.0. The molecule has 15 heteroatoms. The highest BCUT2D eigenvalue weighted by Crippen LogP contribution is 2.63. The minimum Gasteiger partial charge on any atom is -0.480 e. The van der Waals surface area contributed by atoms with Crippen LogP contribution < -0.4 is 15.5 Å². The summed E-state index contributed by atoms with van der Waals surface area (Å²) in [7, 11) is 3.40. The van der Waals surface area contributed by atoms with Crippen LogP contribution in [0.3, 0.4) is 0 Å². The fraction of sp³-hybridized carbons (Fsp3) is 0.488. The van der Waals surface area contributed by atoms with Crippen LogP contribution in [0, 0.1) is 10.8 Å². The quantitative estimate of drug-likeness (QED) is 0.159. The summed E-state index contributed by atoms with van der Waals surface area (Å²) in [4.78, 5) is 60.5. The van der Waals surface area contributed by atoms with Gasteiger partial charge in [-0.25, -0.2) is 4.98 Å². The van der Waals surface area contributed by atoms with Gasteiger partial charge in [0.2, 0.25) is 0 Å². The number of anilines is 2. The largest absolute Gasteiger partial charge is 0.480 e. The van der Waals surface area contributed by atoms with Gasteiger partial charge in [0.1, 0.15) is 0 Å². The summed E-state index contributed by atoms with van der Waals surface area (Å²) in [5, 5.41) is 20.3. The summed E-state index contributed by atoms with van der Waals surface area (Å²) in [5.74, 6) is -1.19. The van der Waals surface area contributed by atoms with Crippen molar-refractivity contribution in [3.63, 3.8) is 0 Å². The molecule has 58 heavy (non-hydrogen) atoms. The lowest BCUT2D eigenvalue weighted by Gasteiger charge is -2.32. The fourth-order valence-electron chi connectivity index (χ4n) is 10.6. The van der Waals surface area contributed by atoms with Crippen molar-refractivity contribution in [2.24, 2.45) is 17.9 Å². The van der Waals surface area contributed by atoms with Crippen LogP contribution in [-0.4, -0.2) is 86.4 Å². The first-order valence-electron chi connectivity index (χ1n) is 20.4. The summed E-state index contributed by atoms with van der Waals surface area (Å²) in [6.07, 6.45) is 9.02. The molecule has 3 aliphatic heterocycles. The van der Waals surface area contributed by atoms with E-state index in [0.717, 1.165) is 110 Å². The van der Waals surface area contributed by atoms with Gasteiger partial charge in [0, 0.05) is 62.6 Å². The van der Waals surface area contributed by atoms with Gasteiger partial charge in [-0.15, -0.1) is 0 Å². The molecule has 2 aliphatic carbocycles. The topological polar surface area (TPSA) is 164 Å². The molecule has 3 N–H and O–H groups in total. The van der Waals surface area contributed by atoms with Crippen LogP contribution in [0.4, 0.5) is 11.4 Å². The Kier molecular flexibility index (Phi) is 9.92. The maximum absolute atomic E-state index is 13.9. The van der Waals surface area contributed by atoms with E-state index in [2.05, 4.69) is 20.6 Å². The van der Waals surface area contributed by atoms with Gasteiger partial charge in [-0.2, -0.15) is 5.10 Å². The Balaban J connectivity index is 0.880. The van der Waals surface area contributed by atoms with Gasteiger partial charge in [-0.1, -0.05) is 35.9 Å². The average Bonchev–Trinajstić information content (AvgIpc) is 4.07. The van der Waals surface area contributed by atoms with Crippen molar-refractivity contribution in [1.82, 2.24) is 29.5 Å². The number of imidazole rings is 1. The van der Waals surface area contributed by atoms with Crippen LogP contribution in [0.1, 0.15) is 101 Å². The molecule has 5 heterocycles. The van der Waals surface area contributed by atoms with Crippen LogP contribution in [0.5, 0.6) is 0 Å². The zero-order valence-corrected chi connectivity index (χ0v) is 33.7. The molecular weight excluding hydrogens is 760 g/mol. The lowest BCUT2D eigenvalue weighted by molar-refractivity contribution is -0.152. The zero-order chi connectivity index (χ0) is 40.3. The highest BCUT2D eigenvalue weighted by Gasteiger charge is 2.58. The minimum absolute atomic E-state index is 0.0408. The highest BCUT2D eigenvalue weighted by molar-refractivity contribution is 6.36. The molecule has 5 aliphatic rings. The number of halogens is 1. The highest BCUT2D eigenvalue weighted by atomic mass is 35.5. The van der Waals surface area contributed by atoms with E-state index in [4.69, 9.17) is 21.3 Å². The Bertz CT molecular complexity index is 2330. The lowest BCUT2D eigenvalue weighted by atomic mass is 9.80. The zero-order valence-electron chi connectivity index (χ0n) is 33.0. The molecule has 2 bridgehead atoms. The number of carbonyl (C=O) groups excluding carboxylic acids is 3. The number of benzene rings is 2. The standard InChI is InChI=1S/C43H49ClN8O6/c1-49-34-12-19-50(21-17-42-13-15-43(25-42,16-14-42)41(57)58-2)24-32(34)46-38(49)39(55)47-30-8-3-7-28(37(30)44)26-6-4-10-33-27(26)11-20-51(33)40(56)31-22-35-29(45-23-36(53)54)9-5-18-52(35)48-31/h3-4,6-8,10,22,29,45H,5,9,11-21,23-25H2,1-2H3,(H,47,55)(H,53,54). The number of rotatable bonds is 11. The van der Waals surface area contributed by atoms with E-state index < -0.39 is 5.97 Å². The summed E-state index contributed by atoms with van der Waals surface area (Å²) in [5.41, 5.74) is 6.93. The Morgan fingerprint density at radius 2 is 1.81 bits per heavy atom. The number of ether oxygens (including phenoxy) is 1. The van der Waals surface area contributed by atoms with Crippen molar-refractivity contribution in [3.8, 4) is 11.1 Å². The monoisotopic (exact) mass is 808 g/mol. The second kappa shape index (κ2) is 15.0. The van der Waals surface area contributed by atoms with Crippen LogP contribution in [0.15, 0.2) is 42.5 Å². The van der Waals surface area contributed by atoms with E-state index in [1.165, 1.54) is 7.11 Å². The molecule has 2 fully saturated rings. The second-order valence-corrected chi connectivity index (χ2v) is 17.3. The van der Waals surface area contributed by atoms with Gasteiger partial charge in [0.05, 0.1) is 41.2 Å². The number of carboxylic acid groups (broad SMARTS) is 1. The number of hydrogen-bond donors (Lipinski definition) is 3. The van der Waals surface area contributed by atoms with Gasteiger partial charge in [0.25, 0.3) is 11.8 Å². The molecular formula is C43H49ClN8O6.